The minimum atomic E-state index is 0.246. The zero-order valence-electron chi connectivity index (χ0n) is 12.0. The Balaban J connectivity index is 2.16. The lowest BCUT2D eigenvalue weighted by molar-refractivity contribution is 1.12. The summed E-state index contributed by atoms with van der Waals surface area (Å²) >= 11 is 0. The molecule has 2 aromatic rings. The molecule has 0 bridgehead atoms. The van der Waals surface area contributed by atoms with Crippen molar-refractivity contribution in [1.29, 1.82) is 0 Å². The molecule has 20 heavy (non-hydrogen) atoms. The van der Waals surface area contributed by atoms with Crippen LogP contribution in [0.5, 0.6) is 0 Å². The van der Waals surface area contributed by atoms with Gasteiger partial charge in [-0.1, -0.05) is 0 Å². The van der Waals surface area contributed by atoms with E-state index in [2.05, 4.69) is 25.5 Å². The first-order valence-electron chi connectivity index (χ1n) is 6.51. The van der Waals surface area contributed by atoms with Crippen LogP contribution >= 0.6 is 0 Å². The monoisotopic (exact) mass is 272 g/mol. The van der Waals surface area contributed by atoms with Crippen LogP contribution in [-0.4, -0.2) is 30.6 Å². The van der Waals surface area contributed by atoms with Gasteiger partial charge in [-0.2, -0.15) is 9.97 Å². The molecule has 0 spiro atoms. The molecular weight excluding hydrogens is 252 g/mol. The highest BCUT2D eigenvalue weighted by atomic mass is 15.1. The van der Waals surface area contributed by atoms with Crippen molar-refractivity contribution in [2.24, 2.45) is 0 Å². The van der Waals surface area contributed by atoms with E-state index < -0.39 is 0 Å². The summed E-state index contributed by atoms with van der Waals surface area (Å²) in [5, 5.41) is 6.34. The van der Waals surface area contributed by atoms with Gasteiger partial charge < -0.3 is 21.3 Å². The van der Waals surface area contributed by atoms with Gasteiger partial charge in [-0.05, 0) is 31.2 Å². The molecule has 0 unspecified atom stereocenters. The van der Waals surface area contributed by atoms with Gasteiger partial charge in [0.05, 0.1) is 0 Å². The highest BCUT2D eigenvalue weighted by Crippen LogP contribution is 2.20. The van der Waals surface area contributed by atoms with E-state index >= 15 is 0 Å². The SMILES string of the molecule is CCNc1cc(Nc2ccc(N(C)C)cc2)nc(N)n1. The Hall–Kier alpha value is -2.50. The fraction of sp³-hybridized carbons (Fsp3) is 0.286. The normalized spacial score (nSPS) is 10.2. The van der Waals surface area contributed by atoms with Crippen molar-refractivity contribution < 1.29 is 0 Å². The summed E-state index contributed by atoms with van der Waals surface area (Å²) in [7, 11) is 4.02. The van der Waals surface area contributed by atoms with Gasteiger partial charge in [0.25, 0.3) is 0 Å². The van der Waals surface area contributed by atoms with Crippen LogP contribution in [0, 0.1) is 0 Å². The Morgan fingerprint density at radius 1 is 1.10 bits per heavy atom. The minimum absolute atomic E-state index is 0.246. The second kappa shape index (κ2) is 6.10. The lowest BCUT2D eigenvalue weighted by Gasteiger charge is -2.13. The van der Waals surface area contributed by atoms with Crippen molar-refractivity contribution in [1.82, 2.24) is 9.97 Å². The molecule has 4 N–H and O–H groups in total. The van der Waals surface area contributed by atoms with Crippen LogP contribution in [0.25, 0.3) is 0 Å². The molecule has 1 aromatic heterocycles. The van der Waals surface area contributed by atoms with Crippen LogP contribution in [0.1, 0.15) is 6.92 Å². The van der Waals surface area contributed by atoms with Gasteiger partial charge in [0.15, 0.2) is 0 Å². The smallest absolute Gasteiger partial charge is 0.223 e. The molecule has 0 aliphatic carbocycles. The van der Waals surface area contributed by atoms with Gasteiger partial charge in [0.1, 0.15) is 11.6 Å². The number of nitrogens with one attached hydrogen (secondary N) is 2. The largest absolute Gasteiger partial charge is 0.378 e. The van der Waals surface area contributed by atoms with Crippen LogP contribution in [0.4, 0.5) is 29.0 Å². The van der Waals surface area contributed by atoms with E-state index in [0.29, 0.717) is 11.6 Å². The molecule has 106 valence electrons. The number of hydrogen-bond donors (Lipinski definition) is 3. The molecule has 6 nitrogen and oxygen atoms in total. The molecule has 0 saturated heterocycles. The summed E-state index contributed by atoms with van der Waals surface area (Å²) in [4.78, 5) is 10.3. The van der Waals surface area contributed by atoms with Crippen molar-refractivity contribution in [3.8, 4) is 0 Å². The molecule has 0 amide bonds. The Kier molecular flexibility index (Phi) is 4.24. The van der Waals surface area contributed by atoms with E-state index in [9.17, 15) is 0 Å². The average molecular weight is 272 g/mol. The zero-order chi connectivity index (χ0) is 14.5. The third kappa shape index (κ3) is 3.50. The number of nitrogens with zero attached hydrogens (tertiary/aromatic N) is 3. The number of hydrogen-bond acceptors (Lipinski definition) is 6. The molecule has 0 aliphatic rings. The number of rotatable bonds is 5. The Morgan fingerprint density at radius 2 is 1.75 bits per heavy atom. The maximum atomic E-state index is 5.70. The number of anilines is 5. The number of nitrogens with two attached hydrogens (primary N) is 1. The second-order valence-corrected chi connectivity index (χ2v) is 4.59. The molecule has 0 radical (unpaired) electrons. The minimum Gasteiger partial charge on any atom is -0.378 e. The Morgan fingerprint density at radius 3 is 2.35 bits per heavy atom. The molecule has 2 rings (SSSR count). The lowest BCUT2D eigenvalue weighted by Crippen LogP contribution is -2.08. The molecule has 0 fully saturated rings. The fourth-order valence-corrected chi connectivity index (χ4v) is 1.79. The molecule has 1 aromatic carbocycles. The van der Waals surface area contributed by atoms with Crippen molar-refractivity contribution in [3.63, 3.8) is 0 Å². The third-order valence-corrected chi connectivity index (χ3v) is 2.76. The van der Waals surface area contributed by atoms with Gasteiger partial charge in [0, 0.05) is 38.1 Å². The first-order valence-corrected chi connectivity index (χ1v) is 6.51. The van der Waals surface area contributed by atoms with E-state index in [-0.39, 0.29) is 5.95 Å². The van der Waals surface area contributed by atoms with Crippen molar-refractivity contribution in [2.75, 3.05) is 41.9 Å². The van der Waals surface area contributed by atoms with Gasteiger partial charge >= 0.3 is 0 Å². The number of benzene rings is 1. The second-order valence-electron chi connectivity index (χ2n) is 4.59. The lowest BCUT2D eigenvalue weighted by atomic mass is 10.2. The van der Waals surface area contributed by atoms with Gasteiger partial charge in [0.2, 0.25) is 5.95 Å². The van der Waals surface area contributed by atoms with Crippen LogP contribution < -0.4 is 21.3 Å². The summed E-state index contributed by atoms with van der Waals surface area (Å²) in [5.41, 5.74) is 7.80. The maximum absolute atomic E-state index is 5.70. The molecule has 0 atom stereocenters. The molecule has 1 heterocycles. The van der Waals surface area contributed by atoms with Crippen LogP contribution in [0.3, 0.4) is 0 Å². The zero-order valence-corrected chi connectivity index (χ0v) is 12.0. The van der Waals surface area contributed by atoms with Crippen molar-refractivity contribution >= 4 is 29.0 Å². The first-order chi connectivity index (χ1) is 9.58. The number of aromatic nitrogens is 2. The summed E-state index contributed by atoms with van der Waals surface area (Å²) in [6, 6.07) is 9.91. The Bertz CT molecular complexity index is 564. The average Bonchev–Trinajstić information content (AvgIpc) is 2.39. The van der Waals surface area contributed by atoms with Crippen LogP contribution in [0.2, 0.25) is 0 Å². The third-order valence-electron chi connectivity index (χ3n) is 2.76. The molecular formula is C14H20N6. The quantitative estimate of drug-likeness (QED) is 0.775. The number of nitrogen functional groups attached to an aromatic ring is 1. The maximum Gasteiger partial charge on any atom is 0.223 e. The van der Waals surface area contributed by atoms with Gasteiger partial charge in [-0.25, -0.2) is 0 Å². The van der Waals surface area contributed by atoms with E-state index in [1.807, 2.05) is 51.4 Å². The van der Waals surface area contributed by atoms with Crippen LogP contribution in [0.15, 0.2) is 30.3 Å². The highest BCUT2D eigenvalue weighted by molar-refractivity contribution is 5.63. The highest BCUT2D eigenvalue weighted by Gasteiger charge is 2.03. The van der Waals surface area contributed by atoms with Crippen LogP contribution in [-0.2, 0) is 0 Å². The predicted octanol–water partition coefficient (Wildman–Crippen LogP) is 2.30. The standard InChI is InChI=1S/C14H20N6/c1-4-16-12-9-13(19-14(15)18-12)17-10-5-7-11(8-6-10)20(2)3/h5-9H,4H2,1-3H3,(H4,15,16,17,18,19). The molecule has 0 aliphatic heterocycles. The van der Waals surface area contributed by atoms with E-state index in [0.717, 1.165) is 17.9 Å². The fourth-order valence-electron chi connectivity index (χ4n) is 1.79. The molecule has 0 saturated carbocycles. The van der Waals surface area contributed by atoms with Crippen molar-refractivity contribution in [2.45, 2.75) is 6.92 Å². The predicted molar refractivity (Wildman–Crippen MR) is 84.7 cm³/mol. The summed E-state index contributed by atoms with van der Waals surface area (Å²) in [6.07, 6.45) is 0. The van der Waals surface area contributed by atoms with E-state index in [1.54, 1.807) is 0 Å². The van der Waals surface area contributed by atoms with Gasteiger partial charge in [-0.15, -0.1) is 0 Å². The van der Waals surface area contributed by atoms with E-state index in [4.69, 9.17) is 5.73 Å². The van der Waals surface area contributed by atoms with E-state index in [1.165, 1.54) is 0 Å². The topological polar surface area (TPSA) is 79.1 Å². The van der Waals surface area contributed by atoms with Gasteiger partial charge in [-0.3, -0.25) is 0 Å². The first kappa shape index (κ1) is 13.9. The summed E-state index contributed by atoms with van der Waals surface area (Å²) < 4.78 is 0. The van der Waals surface area contributed by atoms with Crippen molar-refractivity contribution in [3.05, 3.63) is 30.3 Å². The Labute approximate surface area is 119 Å². The summed E-state index contributed by atoms with van der Waals surface area (Å²) in [6.45, 7) is 2.79. The summed E-state index contributed by atoms with van der Waals surface area (Å²) in [5.74, 6) is 1.63. The molecule has 6 heteroatoms.